The van der Waals surface area contributed by atoms with Crippen LogP contribution in [0.3, 0.4) is 0 Å². The summed E-state index contributed by atoms with van der Waals surface area (Å²) in [6.45, 7) is 0. The molecule has 0 saturated heterocycles. The Kier molecular flexibility index (Phi) is 2.18. The second kappa shape index (κ2) is 3.17. The van der Waals surface area contributed by atoms with E-state index in [0.29, 0.717) is 18.1 Å². The zero-order chi connectivity index (χ0) is 8.55. The molecule has 3 atom stereocenters. The van der Waals surface area contributed by atoms with Gasteiger partial charge in [-0.3, -0.25) is 4.79 Å². The summed E-state index contributed by atoms with van der Waals surface area (Å²) >= 11 is 0. The summed E-state index contributed by atoms with van der Waals surface area (Å²) in [5.74, 6) is 0.838. The maximum atomic E-state index is 11.5. The maximum Gasteiger partial charge on any atom is 0.138 e. The van der Waals surface area contributed by atoms with E-state index in [-0.39, 0.29) is 12.0 Å². The van der Waals surface area contributed by atoms with Gasteiger partial charge in [-0.2, -0.15) is 0 Å². The number of ketones is 1. The first-order chi connectivity index (χ1) is 5.79. The molecule has 2 rings (SSSR count). The van der Waals surface area contributed by atoms with Crippen LogP contribution < -0.4 is 0 Å². The number of carbonyl (C=O) groups is 1. The van der Waals surface area contributed by atoms with Gasteiger partial charge in [-0.25, -0.2) is 0 Å². The lowest BCUT2D eigenvalue weighted by molar-refractivity contribution is -0.126. The number of hydrogen-bond donors (Lipinski definition) is 1. The van der Waals surface area contributed by atoms with Crippen LogP contribution in [0.15, 0.2) is 0 Å². The minimum Gasteiger partial charge on any atom is -0.392 e. The standard InChI is InChI=1S/C10H16O2/c11-8-4-2-1-3-7-5-6-9(12)10(7)8/h7,9-10,12H,1-6H2/t7-,9+,10-/m1/s1. The monoisotopic (exact) mass is 168 g/mol. The van der Waals surface area contributed by atoms with Gasteiger partial charge < -0.3 is 5.11 Å². The molecule has 2 aliphatic rings. The summed E-state index contributed by atoms with van der Waals surface area (Å²) in [4.78, 5) is 11.5. The summed E-state index contributed by atoms with van der Waals surface area (Å²) in [6, 6.07) is 0. The lowest BCUT2D eigenvalue weighted by Crippen LogP contribution is -2.26. The zero-order valence-corrected chi connectivity index (χ0v) is 7.33. The Morgan fingerprint density at radius 3 is 2.83 bits per heavy atom. The fraction of sp³-hybridized carbons (Fsp3) is 0.900. The van der Waals surface area contributed by atoms with Gasteiger partial charge >= 0.3 is 0 Å². The van der Waals surface area contributed by atoms with Gasteiger partial charge in [0.2, 0.25) is 0 Å². The van der Waals surface area contributed by atoms with Gasteiger partial charge in [-0.15, -0.1) is 0 Å². The normalized spacial score (nSPS) is 42.4. The highest BCUT2D eigenvalue weighted by Crippen LogP contribution is 2.39. The van der Waals surface area contributed by atoms with Gasteiger partial charge in [-0.05, 0) is 31.6 Å². The van der Waals surface area contributed by atoms with Gasteiger partial charge in [0.15, 0.2) is 0 Å². The van der Waals surface area contributed by atoms with Crippen LogP contribution in [0.4, 0.5) is 0 Å². The number of rotatable bonds is 0. The van der Waals surface area contributed by atoms with Gasteiger partial charge in [0.05, 0.1) is 6.10 Å². The molecule has 2 aliphatic carbocycles. The molecule has 12 heavy (non-hydrogen) atoms. The van der Waals surface area contributed by atoms with E-state index in [9.17, 15) is 9.90 Å². The predicted octanol–water partition coefficient (Wildman–Crippen LogP) is 1.52. The molecule has 2 nitrogen and oxygen atoms in total. The average molecular weight is 168 g/mol. The summed E-state index contributed by atoms with van der Waals surface area (Å²) < 4.78 is 0. The Labute approximate surface area is 73.0 Å². The Morgan fingerprint density at radius 2 is 2.00 bits per heavy atom. The van der Waals surface area contributed by atoms with E-state index in [0.717, 1.165) is 25.7 Å². The van der Waals surface area contributed by atoms with Crippen LogP contribution in [0.25, 0.3) is 0 Å². The largest absolute Gasteiger partial charge is 0.392 e. The predicted molar refractivity (Wildman–Crippen MR) is 45.7 cm³/mol. The van der Waals surface area contributed by atoms with Gasteiger partial charge in [0.1, 0.15) is 5.78 Å². The third-order valence-electron chi connectivity index (χ3n) is 3.38. The number of fused-ring (bicyclic) bond motifs is 1. The van der Waals surface area contributed by atoms with E-state index in [4.69, 9.17) is 0 Å². The van der Waals surface area contributed by atoms with E-state index in [1.54, 1.807) is 0 Å². The van der Waals surface area contributed by atoms with Gasteiger partial charge in [0, 0.05) is 12.3 Å². The highest BCUT2D eigenvalue weighted by atomic mass is 16.3. The first-order valence-electron chi connectivity index (χ1n) is 5.00. The number of aliphatic hydroxyl groups is 1. The van der Waals surface area contributed by atoms with E-state index in [1.807, 2.05) is 0 Å². The summed E-state index contributed by atoms with van der Waals surface area (Å²) in [7, 11) is 0. The minimum absolute atomic E-state index is 0.00694. The highest BCUT2D eigenvalue weighted by molar-refractivity contribution is 5.82. The molecule has 0 aromatic heterocycles. The van der Waals surface area contributed by atoms with Crippen molar-refractivity contribution in [1.82, 2.24) is 0 Å². The molecular weight excluding hydrogens is 152 g/mol. The van der Waals surface area contributed by atoms with Gasteiger partial charge in [-0.1, -0.05) is 6.42 Å². The Balaban J connectivity index is 2.14. The van der Waals surface area contributed by atoms with E-state index >= 15 is 0 Å². The van der Waals surface area contributed by atoms with Crippen LogP contribution in [0.2, 0.25) is 0 Å². The first-order valence-corrected chi connectivity index (χ1v) is 5.00. The second-order valence-electron chi connectivity index (χ2n) is 4.14. The molecule has 0 amide bonds. The van der Waals surface area contributed by atoms with Crippen molar-refractivity contribution in [2.75, 3.05) is 0 Å². The van der Waals surface area contributed by atoms with Crippen LogP contribution in [0.5, 0.6) is 0 Å². The summed E-state index contributed by atoms with van der Waals surface area (Å²) in [5, 5.41) is 9.60. The van der Waals surface area contributed by atoms with Crippen molar-refractivity contribution in [3.05, 3.63) is 0 Å². The number of hydrogen-bond acceptors (Lipinski definition) is 2. The lowest BCUT2D eigenvalue weighted by atomic mass is 9.89. The SMILES string of the molecule is O=C1CCCC[C@@H]2CC[C@H](O)[C@@H]12. The van der Waals surface area contributed by atoms with Crippen molar-refractivity contribution in [1.29, 1.82) is 0 Å². The first kappa shape index (κ1) is 8.24. The molecule has 68 valence electrons. The van der Waals surface area contributed by atoms with Crippen LogP contribution in [-0.2, 0) is 4.79 Å². The van der Waals surface area contributed by atoms with Crippen molar-refractivity contribution in [2.24, 2.45) is 11.8 Å². The maximum absolute atomic E-state index is 11.5. The lowest BCUT2D eigenvalue weighted by Gasteiger charge is -2.16. The molecule has 0 unspecified atom stereocenters. The van der Waals surface area contributed by atoms with Gasteiger partial charge in [0.25, 0.3) is 0 Å². The molecular formula is C10H16O2. The Morgan fingerprint density at radius 1 is 1.17 bits per heavy atom. The zero-order valence-electron chi connectivity index (χ0n) is 7.33. The molecule has 1 N–H and O–H groups in total. The van der Waals surface area contributed by atoms with E-state index in [2.05, 4.69) is 0 Å². The molecule has 0 spiro atoms. The average Bonchev–Trinajstić information content (AvgIpc) is 2.29. The summed E-state index contributed by atoms with van der Waals surface area (Å²) in [5.41, 5.74) is 0. The summed E-state index contributed by atoms with van der Waals surface area (Å²) in [6.07, 6.45) is 5.68. The Hall–Kier alpha value is -0.370. The second-order valence-corrected chi connectivity index (χ2v) is 4.14. The fourth-order valence-corrected chi connectivity index (χ4v) is 2.73. The van der Waals surface area contributed by atoms with Crippen molar-refractivity contribution in [3.8, 4) is 0 Å². The molecule has 0 aromatic carbocycles. The molecule has 0 aromatic rings. The van der Waals surface area contributed by atoms with Crippen molar-refractivity contribution >= 4 is 5.78 Å². The van der Waals surface area contributed by atoms with Crippen molar-refractivity contribution < 1.29 is 9.90 Å². The van der Waals surface area contributed by atoms with E-state index in [1.165, 1.54) is 6.42 Å². The molecule has 2 fully saturated rings. The van der Waals surface area contributed by atoms with Crippen LogP contribution in [0, 0.1) is 11.8 Å². The van der Waals surface area contributed by atoms with Crippen LogP contribution in [0.1, 0.15) is 38.5 Å². The molecule has 0 aliphatic heterocycles. The number of carbonyl (C=O) groups excluding carboxylic acids is 1. The molecule has 0 radical (unpaired) electrons. The third kappa shape index (κ3) is 1.28. The molecule has 0 bridgehead atoms. The fourth-order valence-electron chi connectivity index (χ4n) is 2.73. The van der Waals surface area contributed by atoms with Crippen LogP contribution >= 0.6 is 0 Å². The highest BCUT2D eigenvalue weighted by Gasteiger charge is 2.40. The van der Waals surface area contributed by atoms with Crippen molar-refractivity contribution in [3.63, 3.8) is 0 Å². The van der Waals surface area contributed by atoms with Crippen molar-refractivity contribution in [2.45, 2.75) is 44.6 Å². The topological polar surface area (TPSA) is 37.3 Å². The molecule has 2 saturated carbocycles. The smallest absolute Gasteiger partial charge is 0.138 e. The third-order valence-corrected chi connectivity index (χ3v) is 3.38. The Bertz CT molecular complexity index is 188. The molecule has 2 heteroatoms. The quantitative estimate of drug-likeness (QED) is 0.595. The van der Waals surface area contributed by atoms with Crippen LogP contribution in [-0.4, -0.2) is 17.0 Å². The minimum atomic E-state index is -0.319. The number of Topliss-reactive ketones (excluding diaryl/α,β-unsaturated/α-hetero) is 1. The molecule has 0 heterocycles. The van der Waals surface area contributed by atoms with E-state index < -0.39 is 0 Å². The number of aliphatic hydroxyl groups excluding tert-OH is 1.